The predicted octanol–water partition coefficient (Wildman–Crippen LogP) is 2.81. The average Bonchev–Trinajstić information content (AvgIpc) is 2.42. The van der Waals surface area contributed by atoms with Gasteiger partial charge in [0.05, 0.1) is 24.1 Å². The normalized spacial score (nSPS) is 18.8. The summed E-state index contributed by atoms with van der Waals surface area (Å²) in [5, 5.41) is 8.56. The maximum absolute atomic E-state index is 13.9. The van der Waals surface area contributed by atoms with Gasteiger partial charge in [-0.15, -0.1) is 0 Å². The number of carbonyl (C=O) groups excluding carboxylic acids is 2. The maximum Gasteiger partial charge on any atom is 0.237 e. The van der Waals surface area contributed by atoms with Crippen molar-refractivity contribution in [1.29, 1.82) is 5.26 Å². The molecule has 0 unspecified atom stereocenters. The molecule has 1 amide bonds. The highest BCUT2D eigenvalue weighted by Gasteiger charge is 2.35. The third-order valence-electron chi connectivity index (χ3n) is 3.28. The summed E-state index contributed by atoms with van der Waals surface area (Å²) in [6.07, 6.45) is 0.746. The molecule has 20 heavy (non-hydrogen) atoms. The van der Waals surface area contributed by atoms with Crippen LogP contribution in [0.4, 0.5) is 10.1 Å². The second kappa shape index (κ2) is 6.14. The van der Waals surface area contributed by atoms with E-state index >= 15 is 0 Å². The predicted molar refractivity (Wildman–Crippen MR) is 74.4 cm³/mol. The van der Waals surface area contributed by atoms with Crippen LogP contribution in [0, 0.1) is 23.1 Å². The monoisotopic (exact) mass is 338 g/mol. The van der Waals surface area contributed by atoms with Crippen molar-refractivity contribution in [3.05, 3.63) is 28.5 Å². The first-order valence-corrected chi connectivity index (χ1v) is 7.00. The van der Waals surface area contributed by atoms with E-state index in [1.165, 1.54) is 17.0 Å². The van der Waals surface area contributed by atoms with E-state index in [9.17, 15) is 14.0 Å². The quantitative estimate of drug-likeness (QED) is 0.796. The van der Waals surface area contributed by atoms with Crippen molar-refractivity contribution in [3.63, 3.8) is 0 Å². The number of piperidine rings is 1. The Hall–Kier alpha value is -1.74. The number of nitriles is 1. The van der Waals surface area contributed by atoms with E-state index in [0.717, 1.165) is 0 Å². The zero-order chi connectivity index (χ0) is 14.7. The number of carbonyl (C=O) groups is 2. The molecule has 1 saturated heterocycles. The summed E-state index contributed by atoms with van der Waals surface area (Å²) in [4.78, 5) is 25.4. The van der Waals surface area contributed by atoms with Gasteiger partial charge in [-0.2, -0.15) is 5.26 Å². The smallest absolute Gasteiger partial charge is 0.237 e. The van der Waals surface area contributed by atoms with Crippen molar-refractivity contribution in [1.82, 2.24) is 0 Å². The number of ketones is 1. The molecule has 1 atom stereocenters. The van der Waals surface area contributed by atoms with Gasteiger partial charge in [0, 0.05) is 11.0 Å². The summed E-state index contributed by atoms with van der Waals surface area (Å²) in [5.74, 6) is -2.15. The Labute approximate surface area is 124 Å². The van der Waals surface area contributed by atoms with Gasteiger partial charge in [0.15, 0.2) is 5.78 Å². The number of Topliss-reactive ketones (excluding diaryl/α,β-unsaturated/α-hetero) is 1. The van der Waals surface area contributed by atoms with Gasteiger partial charge >= 0.3 is 0 Å². The van der Waals surface area contributed by atoms with Crippen LogP contribution < -0.4 is 4.90 Å². The van der Waals surface area contributed by atoms with Crippen molar-refractivity contribution in [2.75, 3.05) is 11.4 Å². The lowest BCUT2D eigenvalue weighted by molar-refractivity contribution is -0.133. The molecule has 104 valence electrons. The maximum atomic E-state index is 13.9. The number of benzene rings is 1. The molecule has 0 N–H and O–H groups in total. The summed E-state index contributed by atoms with van der Waals surface area (Å²) < 4.78 is 14.5. The number of amides is 1. The minimum absolute atomic E-state index is 0.166. The van der Waals surface area contributed by atoms with E-state index in [1.807, 2.05) is 0 Å². The van der Waals surface area contributed by atoms with Crippen LogP contribution in [-0.2, 0) is 9.59 Å². The van der Waals surface area contributed by atoms with Crippen LogP contribution >= 0.6 is 15.9 Å². The molecular weight excluding hydrogens is 327 g/mol. The van der Waals surface area contributed by atoms with Gasteiger partial charge in [-0.3, -0.25) is 9.59 Å². The van der Waals surface area contributed by atoms with E-state index in [4.69, 9.17) is 5.26 Å². The molecule has 1 aliphatic rings. The first-order valence-electron chi connectivity index (χ1n) is 6.20. The molecule has 4 nitrogen and oxygen atoms in total. The summed E-state index contributed by atoms with van der Waals surface area (Å²) in [7, 11) is 0. The van der Waals surface area contributed by atoms with E-state index in [0.29, 0.717) is 23.9 Å². The highest BCUT2D eigenvalue weighted by atomic mass is 79.9. The van der Waals surface area contributed by atoms with Crippen LogP contribution in [0.25, 0.3) is 0 Å². The summed E-state index contributed by atoms with van der Waals surface area (Å²) in [6.45, 7) is 0.378. The van der Waals surface area contributed by atoms with Crippen molar-refractivity contribution in [2.45, 2.75) is 19.3 Å². The van der Waals surface area contributed by atoms with Crippen molar-refractivity contribution >= 4 is 33.3 Å². The van der Waals surface area contributed by atoms with Crippen LogP contribution in [-0.4, -0.2) is 18.2 Å². The molecule has 1 aromatic carbocycles. The fraction of sp³-hybridized carbons (Fsp3) is 0.357. The molecule has 0 radical (unpaired) electrons. The zero-order valence-electron chi connectivity index (χ0n) is 10.6. The van der Waals surface area contributed by atoms with Crippen molar-refractivity contribution in [3.8, 4) is 6.07 Å². The minimum atomic E-state index is -0.832. The third kappa shape index (κ3) is 2.88. The average molecular weight is 339 g/mol. The Morgan fingerprint density at radius 3 is 3.00 bits per heavy atom. The summed E-state index contributed by atoms with van der Waals surface area (Å²) in [5.41, 5.74) is 0.166. The highest BCUT2D eigenvalue weighted by molar-refractivity contribution is 9.10. The Morgan fingerprint density at radius 1 is 1.55 bits per heavy atom. The Kier molecular flexibility index (Phi) is 4.50. The standard InChI is InChI=1S/C14H12BrFN2O2/c15-9-3-4-11(16)12(8-9)18-7-1-2-10(14(18)20)13(19)5-6-17/h3-4,8,10H,1-2,5,7H2/t10-/m1/s1. The van der Waals surface area contributed by atoms with Crippen LogP contribution in [0.2, 0.25) is 0 Å². The van der Waals surface area contributed by atoms with Crippen LogP contribution in [0.3, 0.4) is 0 Å². The molecule has 1 aliphatic heterocycles. The molecule has 1 heterocycles. The Morgan fingerprint density at radius 2 is 2.30 bits per heavy atom. The van der Waals surface area contributed by atoms with Gasteiger partial charge in [-0.05, 0) is 31.0 Å². The number of halogens is 2. The topological polar surface area (TPSA) is 61.2 Å². The zero-order valence-corrected chi connectivity index (χ0v) is 12.2. The lowest BCUT2D eigenvalue weighted by Crippen LogP contribution is -2.44. The molecular formula is C14H12BrFN2O2. The van der Waals surface area contributed by atoms with Crippen molar-refractivity contribution < 1.29 is 14.0 Å². The molecule has 1 aromatic rings. The second-order valence-electron chi connectivity index (χ2n) is 4.58. The van der Waals surface area contributed by atoms with Crippen LogP contribution in [0.5, 0.6) is 0 Å². The molecule has 0 saturated carbocycles. The largest absolute Gasteiger partial charge is 0.309 e. The molecule has 6 heteroatoms. The number of hydrogen-bond donors (Lipinski definition) is 0. The fourth-order valence-electron chi connectivity index (χ4n) is 2.31. The summed E-state index contributed by atoms with van der Waals surface area (Å²) in [6, 6.07) is 6.10. The summed E-state index contributed by atoms with van der Waals surface area (Å²) >= 11 is 3.24. The second-order valence-corrected chi connectivity index (χ2v) is 5.50. The molecule has 0 aromatic heterocycles. The fourth-order valence-corrected chi connectivity index (χ4v) is 2.66. The van der Waals surface area contributed by atoms with Crippen LogP contribution in [0.1, 0.15) is 19.3 Å². The lowest BCUT2D eigenvalue weighted by Gasteiger charge is -2.31. The minimum Gasteiger partial charge on any atom is -0.309 e. The number of anilines is 1. The highest BCUT2D eigenvalue weighted by Crippen LogP contribution is 2.29. The van der Waals surface area contributed by atoms with Gasteiger partial charge in [-0.25, -0.2) is 4.39 Å². The molecule has 0 bridgehead atoms. The third-order valence-corrected chi connectivity index (χ3v) is 3.77. The molecule has 2 rings (SSSR count). The first-order chi connectivity index (χ1) is 9.54. The Bertz CT molecular complexity index is 597. The van der Waals surface area contributed by atoms with Gasteiger partial charge in [0.25, 0.3) is 0 Å². The van der Waals surface area contributed by atoms with E-state index in [2.05, 4.69) is 15.9 Å². The van der Waals surface area contributed by atoms with E-state index in [1.54, 1.807) is 12.1 Å². The lowest BCUT2D eigenvalue weighted by atomic mass is 9.91. The Balaban J connectivity index is 2.29. The van der Waals surface area contributed by atoms with Gasteiger partial charge in [-0.1, -0.05) is 15.9 Å². The van der Waals surface area contributed by atoms with E-state index < -0.39 is 23.4 Å². The molecule has 0 spiro atoms. The van der Waals surface area contributed by atoms with Gasteiger partial charge < -0.3 is 4.90 Å². The van der Waals surface area contributed by atoms with E-state index in [-0.39, 0.29) is 12.1 Å². The number of rotatable bonds is 3. The molecule has 0 aliphatic carbocycles. The number of nitrogens with zero attached hydrogens (tertiary/aromatic N) is 2. The number of hydrogen-bond acceptors (Lipinski definition) is 3. The van der Waals surface area contributed by atoms with Gasteiger partial charge in [0.2, 0.25) is 5.91 Å². The van der Waals surface area contributed by atoms with Crippen molar-refractivity contribution in [2.24, 2.45) is 5.92 Å². The SMILES string of the molecule is N#CCC(=O)[C@H]1CCCN(c2cc(Br)ccc2F)C1=O. The first kappa shape index (κ1) is 14.7. The molecule has 1 fully saturated rings. The van der Waals surface area contributed by atoms with Crippen LogP contribution in [0.15, 0.2) is 22.7 Å². The van der Waals surface area contributed by atoms with Gasteiger partial charge in [0.1, 0.15) is 5.82 Å².